The molecule has 5 aliphatic heterocycles. The Morgan fingerprint density at radius 2 is 1.00 bits per heavy atom. The number of aryl methyl sites for hydroxylation is 1. The summed E-state index contributed by atoms with van der Waals surface area (Å²) < 4.78 is 18.3. The molecule has 8 aliphatic rings. The second-order valence-electron chi connectivity index (χ2n) is 33.1. The standard InChI is InChI=1S/C64H88N10O16.C19H19NS.C4H4O4/c1-27(2)44-53(78)35-19-17-21-37(35)61(84)71(13)25-40(75)73(15)50(29(5)6)63(86)88-33(11)46(59(82)67-44)69-57(80)39-24-23-31(9)55-48(39)66-49-42(43(65)52(77)32(10)56(49)90-55)58(81)70-47-34(12)89-64(87)51(30(7)8)74(16)41(76)26-72(14)62(85)38-22-18-20-36(38)54(79)45(28(3)4)68-60(47)83;1-20-12-10-14(11-13-20)19-15-6-2-4-8-17(15)21-18-9-5-3-7-16(18)19;5-3(6)1-2-4(7)8/h23-24,27-30,33-38,44-47,50-51H,17-22,25-26,65H2,1-16H3,(H,67,82)(H,68,83)(H,69,80)(H,70,81);2-9H,10-13H2,1H3;1-2H,(H,5,6)(H,7,8). The van der Waals surface area contributed by atoms with Gasteiger partial charge >= 0.3 is 23.9 Å². The molecule has 640 valence electrons. The van der Waals surface area contributed by atoms with Gasteiger partial charge in [-0.3, -0.25) is 52.7 Å². The Balaban J connectivity index is 0.000000460. The van der Waals surface area contributed by atoms with Crippen molar-refractivity contribution in [2.24, 2.45) is 47.3 Å². The van der Waals surface area contributed by atoms with E-state index in [-0.39, 0.29) is 33.7 Å². The van der Waals surface area contributed by atoms with Crippen LogP contribution in [-0.4, -0.2) is 232 Å². The molecule has 31 nitrogen and oxygen atoms in total. The number of piperidine rings is 1. The van der Waals surface area contributed by atoms with Crippen molar-refractivity contribution in [3.63, 3.8) is 0 Å². The molecule has 11 rings (SSSR count). The van der Waals surface area contributed by atoms with Crippen molar-refractivity contribution in [2.75, 3.05) is 67.2 Å². The van der Waals surface area contributed by atoms with Crippen LogP contribution >= 0.6 is 11.8 Å². The van der Waals surface area contributed by atoms with Crippen molar-refractivity contribution in [2.45, 2.75) is 193 Å². The molecule has 0 spiro atoms. The lowest BCUT2D eigenvalue weighted by Gasteiger charge is -2.35. The zero-order valence-corrected chi connectivity index (χ0v) is 71.4. The summed E-state index contributed by atoms with van der Waals surface area (Å²) in [5.41, 5.74) is 9.67. The number of ketones is 2. The number of aliphatic carboxylic acids is 2. The normalized spacial score (nSPS) is 24.9. The Labute approximate surface area is 696 Å². The molecule has 8 N–H and O–H groups in total. The maximum Gasteiger partial charge on any atom is 0.329 e. The number of rotatable bonds is 10. The smallest absolute Gasteiger partial charge is 0.329 e. The number of nitrogen functional groups attached to an aromatic ring is 1. The monoisotopic (exact) mass is 1660 g/mol. The minimum absolute atomic E-state index is 0.0668. The Morgan fingerprint density at radius 3 is 1.42 bits per heavy atom. The number of Topliss-reactive ketones (excluding diaryl/α,β-unsaturated/α-hetero) is 2. The van der Waals surface area contributed by atoms with Gasteiger partial charge in [-0.1, -0.05) is 128 Å². The fourth-order valence-electron chi connectivity index (χ4n) is 16.6. The largest absolute Gasteiger partial charge is 0.478 e. The first-order valence-electron chi connectivity index (χ1n) is 40.4. The first-order chi connectivity index (χ1) is 56.1. The van der Waals surface area contributed by atoms with Crippen LogP contribution in [0.4, 0.5) is 5.69 Å². The molecule has 5 fully saturated rings. The number of fused-ring (bicyclic) bond motifs is 6. The van der Waals surface area contributed by atoms with Crippen LogP contribution < -0.4 is 32.4 Å². The molecule has 119 heavy (non-hydrogen) atoms. The molecular formula is C87H111N11O20S. The SMILES string of the molecule is CN1CCC(=C2c3ccccc3Sc3ccccc32)CC1.Cc1c2oc3c(C)ccc(C(=O)NC4C(=O)NC(C(C)C)C(=O)C5CCCC5C(=O)N(C)CC(=O)N(C)C(C(C)C)C(=O)OC4C)c3nc-2c(C(=O)NC2C(=O)NC(C(C)C)C(=O)C3CCCC3C(=O)N(C)CC(=O)N(C)C(C(C)C)C(=O)OC2C)c(N)c1=O.O=C(O)C=CC(=O)O. The Bertz CT molecular complexity index is 4820. The molecule has 32 heteroatoms. The first kappa shape index (κ1) is 91.7. The second-order valence-corrected chi connectivity index (χ2v) is 34.2. The summed E-state index contributed by atoms with van der Waals surface area (Å²) in [5, 5.41) is 26.4. The van der Waals surface area contributed by atoms with Crippen molar-refractivity contribution >= 4 is 117 Å². The number of cyclic esters (lactones) is 2. The van der Waals surface area contributed by atoms with E-state index in [1.165, 1.54) is 123 Å². The number of ether oxygens (including phenoxy) is 2. The van der Waals surface area contributed by atoms with Crippen LogP contribution in [0.5, 0.6) is 0 Å². The molecule has 3 aromatic rings. The topological polar surface area (TPSA) is 431 Å². The van der Waals surface area contributed by atoms with E-state index in [0.29, 0.717) is 56.2 Å². The zero-order chi connectivity index (χ0) is 87.8. The van der Waals surface area contributed by atoms with Crippen LogP contribution in [0.2, 0.25) is 0 Å². The summed E-state index contributed by atoms with van der Waals surface area (Å²) in [6.45, 7) is 20.6. The van der Waals surface area contributed by atoms with E-state index < -0.39 is 208 Å². The number of nitrogens with zero attached hydrogens (tertiary/aromatic N) is 6. The van der Waals surface area contributed by atoms with E-state index in [1.54, 1.807) is 67.9 Å². The average Bonchev–Trinajstić information content (AvgIpc) is 0.915. The van der Waals surface area contributed by atoms with Crippen molar-refractivity contribution in [3.8, 4) is 11.5 Å². The van der Waals surface area contributed by atoms with Gasteiger partial charge in [0.1, 0.15) is 47.6 Å². The number of hydrogen-bond acceptors (Lipinski definition) is 22. The van der Waals surface area contributed by atoms with E-state index >= 15 is 9.59 Å². The number of amides is 8. The fourth-order valence-corrected chi connectivity index (χ4v) is 17.7. The highest BCUT2D eigenvalue weighted by atomic mass is 32.2. The predicted octanol–water partition coefficient (Wildman–Crippen LogP) is 7.10. The van der Waals surface area contributed by atoms with Crippen molar-refractivity contribution in [3.05, 3.63) is 122 Å². The molecule has 2 saturated carbocycles. The molecule has 3 aliphatic carbocycles. The number of hydrogen-bond donors (Lipinski definition) is 7. The number of carboxylic acids is 2. The van der Waals surface area contributed by atoms with Crippen LogP contribution in [0.3, 0.4) is 0 Å². The Hall–Kier alpha value is -11.2. The molecule has 0 aromatic heterocycles. The van der Waals surface area contributed by atoms with E-state index in [0.717, 1.165) is 9.80 Å². The lowest BCUT2D eigenvalue weighted by Crippen LogP contribution is -2.59. The molecule has 0 radical (unpaired) electrons. The second kappa shape index (κ2) is 39.2. The summed E-state index contributed by atoms with van der Waals surface area (Å²) in [4.78, 5) is 221. The van der Waals surface area contributed by atoms with Gasteiger partial charge in [0.15, 0.2) is 22.9 Å². The number of carbonyl (C=O) groups excluding carboxylic acids is 12. The van der Waals surface area contributed by atoms with E-state index in [9.17, 15) is 62.3 Å². The summed E-state index contributed by atoms with van der Waals surface area (Å²) in [6, 6.07) is 12.0. The van der Waals surface area contributed by atoms with Gasteiger partial charge in [-0.15, -0.1) is 0 Å². The summed E-state index contributed by atoms with van der Waals surface area (Å²) >= 11 is 1.91. The van der Waals surface area contributed by atoms with Crippen molar-refractivity contribution in [1.82, 2.24) is 50.8 Å². The molecule has 3 saturated heterocycles. The maximum atomic E-state index is 15.2. The van der Waals surface area contributed by atoms with Gasteiger partial charge in [0, 0.05) is 92.5 Å². The van der Waals surface area contributed by atoms with Gasteiger partial charge in [-0.25, -0.2) is 24.2 Å². The lowest BCUT2D eigenvalue weighted by atomic mass is 9.83. The van der Waals surface area contributed by atoms with Crippen LogP contribution in [0.25, 0.3) is 28.1 Å². The van der Waals surface area contributed by atoms with Gasteiger partial charge in [0.25, 0.3) is 11.8 Å². The molecule has 12 atom stereocenters. The minimum atomic E-state index is -1.86. The molecule has 12 unspecified atom stereocenters. The first-order valence-corrected chi connectivity index (χ1v) is 41.2. The number of carboxylic acid groups (broad SMARTS) is 2. The fraction of sp³-hybridized carbons (Fsp3) is 0.517. The van der Waals surface area contributed by atoms with E-state index in [4.69, 9.17) is 34.8 Å². The third-order valence-corrected chi connectivity index (χ3v) is 24.4. The lowest BCUT2D eigenvalue weighted by molar-refractivity contribution is -0.163. The number of aromatic nitrogens is 1. The number of nitrogens with one attached hydrogen (secondary N) is 4. The van der Waals surface area contributed by atoms with Gasteiger partial charge in [0.2, 0.25) is 40.9 Å². The number of anilines is 1. The Morgan fingerprint density at radius 1 is 0.580 bits per heavy atom. The zero-order valence-electron chi connectivity index (χ0n) is 70.6. The summed E-state index contributed by atoms with van der Waals surface area (Å²) in [5.74, 6) is -17.4. The highest BCUT2D eigenvalue weighted by molar-refractivity contribution is 7.99. The number of benzene rings is 4. The maximum absolute atomic E-state index is 15.2. The highest BCUT2D eigenvalue weighted by Gasteiger charge is 2.48. The highest BCUT2D eigenvalue weighted by Crippen LogP contribution is 2.48. The van der Waals surface area contributed by atoms with E-state index in [1.807, 2.05) is 11.8 Å². The minimum Gasteiger partial charge on any atom is -0.478 e. The third-order valence-electron chi connectivity index (χ3n) is 23.2. The van der Waals surface area contributed by atoms with Crippen LogP contribution in [0, 0.1) is 61.2 Å². The van der Waals surface area contributed by atoms with Gasteiger partial charge < -0.3 is 75.6 Å². The summed E-state index contributed by atoms with van der Waals surface area (Å²) in [6.07, 6.45) is 2.85. The molecule has 5 heterocycles. The summed E-state index contributed by atoms with van der Waals surface area (Å²) in [7, 11) is 7.89. The van der Waals surface area contributed by atoms with Crippen LogP contribution in [0.15, 0.2) is 97.4 Å². The number of esters is 2. The van der Waals surface area contributed by atoms with Gasteiger partial charge in [-0.05, 0) is 137 Å². The number of likely N-dealkylation sites (N-methyl/N-ethyl adjacent to an activating group) is 4. The quantitative estimate of drug-likeness (QED) is 0.0311. The number of likely N-dealkylation sites (tertiary alicyclic amines) is 1. The van der Waals surface area contributed by atoms with Gasteiger partial charge in [-0.2, -0.15) is 0 Å². The molecular weight excluding hydrogens is 1550 g/mol. The van der Waals surface area contributed by atoms with Crippen LogP contribution in [-0.2, 0) is 67.0 Å². The molecule has 3 aromatic carbocycles. The average molecular weight is 1660 g/mol. The van der Waals surface area contributed by atoms with Crippen molar-refractivity contribution in [1.29, 1.82) is 0 Å². The van der Waals surface area contributed by atoms with Crippen LogP contribution in [0.1, 0.15) is 164 Å². The number of carbonyl (C=O) groups is 14. The van der Waals surface area contributed by atoms with Gasteiger partial charge in [0.05, 0.1) is 42.0 Å². The van der Waals surface area contributed by atoms with E-state index in [2.05, 4.69) is 81.7 Å². The molecule has 8 amide bonds. The Kier molecular flexibility index (Phi) is 30.2. The predicted molar refractivity (Wildman–Crippen MR) is 442 cm³/mol. The van der Waals surface area contributed by atoms with Crippen molar-refractivity contribution < 1.29 is 91.2 Å². The number of nitrogens with two attached hydrogens (primary N) is 1. The third kappa shape index (κ3) is 20.6. The molecule has 0 bridgehead atoms.